The van der Waals surface area contributed by atoms with E-state index in [4.69, 9.17) is 0 Å². The average Bonchev–Trinajstić information content (AvgIpc) is 3.23. The van der Waals surface area contributed by atoms with Gasteiger partial charge in [-0.25, -0.2) is 4.39 Å². The van der Waals surface area contributed by atoms with E-state index >= 15 is 0 Å². The monoisotopic (exact) mass is 303 g/mol. The molecule has 0 bridgehead atoms. The molecule has 1 aliphatic rings. The molecule has 3 rings (SSSR count). The molecule has 0 aliphatic heterocycles. The smallest absolute Gasteiger partial charge is 0.263 e. The van der Waals surface area contributed by atoms with Gasteiger partial charge in [0.25, 0.3) is 5.91 Å². The van der Waals surface area contributed by atoms with Crippen LogP contribution in [0.3, 0.4) is 0 Å². The van der Waals surface area contributed by atoms with Gasteiger partial charge in [0.15, 0.2) is 0 Å². The lowest BCUT2D eigenvalue weighted by molar-refractivity contribution is 0.0732. The van der Waals surface area contributed by atoms with Gasteiger partial charge in [0, 0.05) is 18.0 Å². The van der Waals surface area contributed by atoms with E-state index in [1.54, 1.807) is 12.1 Å². The second-order valence-electron chi connectivity index (χ2n) is 5.66. The van der Waals surface area contributed by atoms with Crippen molar-refractivity contribution in [2.24, 2.45) is 5.92 Å². The summed E-state index contributed by atoms with van der Waals surface area (Å²) < 4.78 is 13.0. The molecule has 1 amide bonds. The minimum absolute atomic E-state index is 0.0766. The molecule has 1 aromatic carbocycles. The first-order valence-electron chi connectivity index (χ1n) is 7.19. The number of hydrogen-bond acceptors (Lipinski definition) is 2. The Morgan fingerprint density at radius 1 is 1.24 bits per heavy atom. The zero-order valence-electron chi connectivity index (χ0n) is 12.2. The summed E-state index contributed by atoms with van der Waals surface area (Å²) in [6.45, 7) is 2.12. The van der Waals surface area contributed by atoms with Gasteiger partial charge in [-0.15, -0.1) is 11.3 Å². The van der Waals surface area contributed by atoms with Crippen LogP contribution in [0.15, 0.2) is 36.4 Å². The summed E-state index contributed by atoms with van der Waals surface area (Å²) >= 11 is 1.46. The first-order valence-corrected chi connectivity index (χ1v) is 8.01. The standard InChI is InChI=1S/C17H18FNOS/c1-11(12-3-4-12)19(2)17(20)16-10-9-15(21-16)13-5-7-14(18)8-6-13/h5-12H,3-4H2,1-2H3. The highest BCUT2D eigenvalue weighted by molar-refractivity contribution is 7.17. The highest BCUT2D eigenvalue weighted by Gasteiger charge is 2.33. The Labute approximate surface area is 128 Å². The molecule has 2 aromatic rings. The third-order valence-corrected chi connectivity index (χ3v) is 5.30. The van der Waals surface area contributed by atoms with Crippen molar-refractivity contribution in [3.8, 4) is 10.4 Å². The zero-order chi connectivity index (χ0) is 15.0. The molecule has 1 aliphatic carbocycles. The Balaban J connectivity index is 1.77. The van der Waals surface area contributed by atoms with Crippen LogP contribution in [0.5, 0.6) is 0 Å². The maximum absolute atomic E-state index is 13.0. The molecule has 0 radical (unpaired) electrons. The molecule has 110 valence electrons. The molecule has 4 heteroatoms. The molecule has 2 nitrogen and oxygen atoms in total. The van der Waals surface area contributed by atoms with Crippen molar-refractivity contribution in [2.45, 2.75) is 25.8 Å². The molecule has 0 saturated heterocycles. The van der Waals surface area contributed by atoms with E-state index in [2.05, 4.69) is 6.92 Å². The van der Waals surface area contributed by atoms with Crippen LogP contribution in [-0.2, 0) is 0 Å². The molecular formula is C17H18FNOS. The number of carbonyl (C=O) groups is 1. The van der Waals surface area contributed by atoms with Crippen molar-refractivity contribution in [3.05, 3.63) is 47.1 Å². The van der Waals surface area contributed by atoms with E-state index in [0.717, 1.165) is 15.3 Å². The second-order valence-corrected chi connectivity index (χ2v) is 6.75. The lowest BCUT2D eigenvalue weighted by atomic mass is 10.2. The fourth-order valence-corrected chi connectivity index (χ4v) is 3.47. The third kappa shape index (κ3) is 3.00. The molecule has 1 atom stereocenters. The highest BCUT2D eigenvalue weighted by atomic mass is 32.1. The van der Waals surface area contributed by atoms with E-state index in [-0.39, 0.29) is 11.7 Å². The van der Waals surface area contributed by atoms with E-state index < -0.39 is 0 Å². The Morgan fingerprint density at radius 3 is 2.52 bits per heavy atom. The number of rotatable bonds is 4. The predicted octanol–water partition coefficient (Wildman–Crippen LogP) is 4.42. The van der Waals surface area contributed by atoms with E-state index in [0.29, 0.717) is 12.0 Å². The molecular weight excluding hydrogens is 285 g/mol. The van der Waals surface area contributed by atoms with Crippen LogP contribution in [0, 0.1) is 11.7 Å². The van der Waals surface area contributed by atoms with Crippen LogP contribution in [-0.4, -0.2) is 23.9 Å². The highest BCUT2D eigenvalue weighted by Crippen LogP contribution is 2.36. The fourth-order valence-electron chi connectivity index (χ4n) is 2.48. The van der Waals surface area contributed by atoms with E-state index in [1.165, 1.54) is 36.3 Å². The molecule has 0 spiro atoms. The van der Waals surface area contributed by atoms with Crippen LogP contribution in [0.1, 0.15) is 29.4 Å². The van der Waals surface area contributed by atoms with Crippen molar-refractivity contribution in [1.29, 1.82) is 0 Å². The number of benzene rings is 1. The van der Waals surface area contributed by atoms with Crippen LogP contribution >= 0.6 is 11.3 Å². The molecule has 1 aromatic heterocycles. The summed E-state index contributed by atoms with van der Waals surface area (Å²) in [4.78, 5) is 16.1. The molecule has 0 N–H and O–H groups in total. The van der Waals surface area contributed by atoms with Crippen molar-refractivity contribution in [2.75, 3.05) is 7.05 Å². The molecule has 21 heavy (non-hydrogen) atoms. The summed E-state index contributed by atoms with van der Waals surface area (Å²) in [5, 5.41) is 0. The van der Waals surface area contributed by atoms with Crippen molar-refractivity contribution < 1.29 is 9.18 Å². The third-order valence-electron chi connectivity index (χ3n) is 4.18. The normalized spacial score (nSPS) is 15.8. The van der Waals surface area contributed by atoms with Crippen LogP contribution in [0.4, 0.5) is 4.39 Å². The lowest BCUT2D eigenvalue weighted by Crippen LogP contribution is -2.35. The summed E-state index contributed by atoms with van der Waals surface area (Å²) in [5.74, 6) is 0.493. The lowest BCUT2D eigenvalue weighted by Gasteiger charge is -2.24. The van der Waals surface area contributed by atoms with Gasteiger partial charge >= 0.3 is 0 Å². The summed E-state index contributed by atoms with van der Waals surface area (Å²) in [6.07, 6.45) is 2.45. The average molecular weight is 303 g/mol. The second kappa shape index (κ2) is 5.60. The molecule has 1 fully saturated rings. The van der Waals surface area contributed by atoms with Crippen molar-refractivity contribution in [3.63, 3.8) is 0 Å². The molecule has 1 saturated carbocycles. The summed E-state index contributed by atoms with van der Waals surface area (Å²) in [7, 11) is 1.88. The Kier molecular flexibility index (Phi) is 3.81. The van der Waals surface area contributed by atoms with Gasteiger partial charge in [-0.3, -0.25) is 4.79 Å². The van der Waals surface area contributed by atoms with Crippen molar-refractivity contribution >= 4 is 17.2 Å². The predicted molar refractivity (Wildman–Crippen MR) is 84.0 cm³/mol. The number of amides is 1. The number of nitrogens with zero attached hydrogens (tertiary/aromatic N) is 1. The number of halogens is 1. The topological polar surface area (TPSA) is 20.3 Å². The SMILES string of the molecule is CC(C1CC1)N(C)C(=O)c1ccc(-c2ccc(F)cc2)s1. The van der Waals surface area contributed by atoms with Crippen LogP contribution in [0.2, 0.25) is 0 Å². The largest absolute Gasteiger partial charge is 0.338 e. The van der Waals surface area contributed by atoms with E-state index in [9.17, 15) is 9.18 Å². The van der Waals surface area contributed by atoms with Gasteiger partial charge in [0.05, 0.1) is 4.88 Å². The maximum atomic E-state index is 13.0. The first kappa shape index (κ1) is 14.3. The number of carbonyl (C=O) groups excluding carboxylic acids is 1. The fraction of sp³-hybridized carbons (Fsp3) is 0.353. The van der Waals surface area contributed by atoms with Gasteiger partial charge in [-0.2, -0.15) is 0 Å². The number of hydrogen-bond donors (Lipinski definition) is 0. The maximum Gasteiger partial charge on any atom is 0.263 e. The van der Waals surface area contributed by atoms with Gasteiger partial charge in [0.2, 0.25) is 0 Å². The first-order chi connectivity index (χ1) is 10.1. The molecule has 1 unspecified atom stereocenters. The zero-order valence-corrected chi connectivity index (χ0v) is 13.0. The minimum Gasteiger partial charge on any atom is -0.338 e. The van der Waals surface area contributed by atoms with Crippen LogP contribution in [0.25, 0.3) is 10.4 Å². The Bertz CT molecular complexity index is 645. The van der Waals surface area contributed by atoms with Gasteiger partial charge in [-0.05, 0) is 55.5 Å². The summed E-state index contributed by atoms with van der Waals surface area (Å²) in [5.41, 5.74) is 0.943. The minimum atomic E-state index is -0.246. The Morgan fingerprint density at radius 2 is 1.90 bits per heavy atom. The van der Waals surface area contributed by atoms with Gasteiger partial charge in [0.1, 0.15) is 5.82 Å². The molecule has 1 heterocycles. The van der Waals surface area contributed by atoms with Gasteiger partial charge < -0.3 is 4.90 Å². The van der Waals surface area contributed by atoms with Crippen molar-refractivity contribution in [1.82, 2.24) is 4.90 Å². The quantitative estimate of drug-likeness (QED) is 0.818. The van der Waals surface area contributed by atoms with E-state index in [1.807, 2.05) is 24.1 Å². The number of thiophene rings is 1. The Hall–Kier alpha value is -1.68. The van der Waals surface area contributed by atoms with Gasteiger partial charge in [-0.1, -0.05) is 12.1 Å². The summed E-state index contributed by atoms with van der Waals surface area (Å²) in [6, 6.07) is 10.5. The van der Waals surface area contributed by atoms with Crippen LogP contribution < -0.4 is 0 Å².